The maximum Gasteiger partial charge on any atom is 0.244 e. The molecular formula is C23H29N3O4S. The molecule has 2 aliphatic heterocycles. The van der Waals surface area contributed by atoms with E-state index in [0.717, 1.165) is 18.4 Å². The van der Waals surface area contributed by atoms with Crippen LogP contribution in [0.3, 0.4) is 0 Å². The lowest BCUT2D eigenvalue weighted by molar-refractivity contribution is -0.132. The number of aromatic nitrogens is 1. The van der Waals surface area contributed by atoms with E-state index in [0.29, 0.717) is 45.5 Å². The van der Waals surface area contributed by atoms with Crippen LogP contribution in [-0.2, 0) is 26.1 Å². The fourth-order valence-electron chi connectivity index (χ4n) is 4.57. The largest absolute Gasteiger partial charge is 0.375 e. The zero-order valence-corrected chi connectivity index (χ0v) is 18.4. The Labute approximate surface area is 183 Å². The van der Waals surface area contributed by atoms with Gasteiger partial charge < -0.3 is 10.1 Å². The zero-order chi connectivity index (χ0) is 21.7. The van der Waals surface area contributed by atoms with Crippen molar-refractivity contribution in [2.75, 3.05) is 19.7 Å². The van der Waals surface area contributed by atoms with Crippen molar-refractivity contribution in [2.24, 2.45) is 5.92 Å². The van der Waals surface area contributed by atoms with Crippen LogP contribution in [0.4, 0.5) is 0 Å². The number of pyridine rings is 1. The molecule has 1 aromatic carbocycles. The number of ether oxygens (including phenoxy) is 1. The van der Waals surface area contributed by atoms with Gasteiger partial charge in [-0.3, -0.25) is 9.78 Å². The van der Waals surface area contributed by atoms with Gasteiger partial charge >= 0.3 is 0 Å². The van der Waals surface area contributed by atoms with E-state index in [4.69, 9.17) is 4.74 Å². The van der Waals surface area contributed by atoms with Crippen molar-refractivity contribution in [1.29, 1.82) is 0 Å². The van der Waals surface area contributed by atoms with E-state index >= 15 is 0 Å². The maximum absolute atomic E-state index is 12.8. The summed E-state index contributed by atoms with van der Waals surface area (Å²) in [5.41, 5.74) is 0.755. The molecule has 4 rings (SSSR count). The number of hydrogen-bond donors (Lipinski definition) is 1. The Bertz CT molecular complexity index is 974. The Balaban J connectivity index is 1.30. The maximum atomic E-state index is 12.8. The topological polar surface area (TPSA) is 88.6 Å². The lowest BCUT2D eigenvalue weighted by atomic mass is 9.78. The minimum absolute atomic E-state index is 0.0579. The third-order valence-electron chi connectivity index (χ3n) is 6.31. The summed E-state index contributed by atoms with van der Waals surface area (Å²) in [6.45, 7) is 2.00. The molecule has 166 valence electrons. The van der Waals surface area contributed by atoms with Crippen molar-refractivity contribution in [1.82, 2.24) is 14.6 Å². The summed E-state index contributed by atoms with van der Waals surface area (Å²) in [5, 5.41) is 3.01. The van der Waals surface area contributed by atoms with Crippen molar-refractivity contribution in [3.8, 4) is 0 Å². The lowest BCUT2D eigenvalue weighted by Crippen LogP contribution is -2.51. The second kappa shape index (κ2) is 9.46. The highest BCUT2D eigenvalue weighted by Gasteiger charge is 2.43. The number of benzene rings is 1. The van der Waals surface area contributed by atoms with Crippen LogP contribution in [0.5, 0.6) is 0 Å². The van der Waals surface area contributed by atoms with Gasteiger partial charge in [-0.05, 0) is 49.3 Å². The number of piperidine rings is 1. The second-order valence-corrected chi connectivity index (χ2v) is 10.4. The van der Waals surface area contributed by atoms with Gasteiger partial charge in [0, 0.05) is 45.1 Å². The third kappa shape index (κ3) is 5.31. The van der Waals surface area contributed by atoms with Crippen molar-refractivity contribution in [3.63, 3.8) is 0 Å². The molecule has 1 atom stereocenters. The molecule has 0 saturated carbocycles. The van der Waals surface area contributed by atoms with E-state index in [9.17, 15) is 13.2 Å². The van der Waals surface area contributed by atoms with E-state index in [2.05, 4.69) is 10.3 Å². The summed E-state index contributed by atoms with van der Waals surface area (Å²) in [5.74, 6) is 0.313. The highest BCUT2D eigenvalue weighted by molar-refractivity contribution is 7.89. The Morgan fingerprint density at radius 3 is 2.65 bits per heavy atom. The fourth-order valence-corrected chi connectivity index (χ4v) is 5.97. The summed E-state index contributed by atoms with van der Waals surface area (Å²) in [4.78, 5) is 16.6. The SMILES string of the molecule is O=C(CC1CCOC2(CCN(S(=O)(=O)c3cccnc3)CC2)C1)NCc1ccccc1. The number of amides is 1. The highest BCUT2D eigenvalue weighted by atomic mass is 32.2. The van der Waals surface area contributed by atoms with Crippen LogP contribution in [0.1, 0.15) is 37.7 Å². The summed E-state index contributed by atoms with van der Waals surface area (Å²) in [6.07, 6.45) is 6.39. The van der Waals surface area contributed by atoms with Gasteiger partial charge in [-0.15, -0.1) is 0 Å². The first-order valence-electron chi connectivity index (χ1n) is 10.8. The van der Waals surface area contributed by atoms with E-state index in [1.807, 2.05) is 30.3 Å². The van der Waals surface area contributed by atoms with Crippen LogP contribution < -0.4 is 5.32 Å². The predicted octanol–water partition coefficient (Wildman–Crippen LogP) is 2.74. The number of carbonyl (C=O) groups is 1. The number of rotatable bonds is 6. The van der Waals surface area contributed by atoms with Gasteiger partial charge in [0.05, 0.1) is 5.60 Å². The minimum atomic E-state index is -3.53. The van der Waals surface area contributed by atoms with Crippen molar-refractivity contribution in [3.05, 3.63) is 60.4 Å². The van der Waals surface area contributed by atoms with Crippen molar-refractivity contribution < 1.29 is 17.9 Å². The van der Waals surface area contributed by atoms with Gasteiger partial charge in [0.25, 0.3) is 0 Å². The van der Waals surface area contributed by atoms with Crippen LogP contribution >= 0.6 is 0 Å². The van der Waals surface area contributed by atoms with Crippen LogP contribution in [0, 0.1) is 5.92 Å². The first-order chi connectivity index (χ1) is 15.0. The van der Waals surface area contributed by atoms with Crippen LogP contribution in [0.15, 0.2) is 59.8 Å². The van der Waals surface area contributed by atoms with Crippen LogP contribution in [0.25, 0.3) is 0 Å². The van der Waals surface area contributed by atoms with Gasteiger partial charge in [0.15, 0.2) is 0 Å². The minimum Gasteiger partial charge on any atom is -0.375 e. The van der Waals surface area contributed by atoms with E-state index < -0.39 is 10.0 Å². The number of sulfonamides is 1. The second-order valence-electron chi connectivity index (χ2n) is 8.45. The van der Waals surface area contributed by atoms with E-state index in [1.54, 1.807) is 18.3 Å². The molecule has 1 unspecified atom stereocenters. The molecular weight excluding hydrogens is 414 g/mol. The Morgan fingerprint density at radius 1 is 1.16 bits per heavy atom. The van der Waals surface area contributed by atoms with Crippen molar-refractivity contribution >= 4 is 15.9 Å². The molecule has 31 heavy (non-hydrogen) atoms. The zero-order valence-electron chi connectivity index (χ0n) is 17.6. The smallest absolute Gasteiger partial charge is 0.244 e. The van der Waals surface area contributed by atoms with Gasteiger partial charge in [-0.25, -0.2) is 8.42 Å². The molecule has 0 radical (unpaired) electrons. The Morgan fingerprint density at radius 2 is 1.94 bits per heavy atom. The molecule has 2 saturated heterocycles. The molecule has 3 heterocycles. The highest BCUT2D eigenvalue weighted by Crippen LogP contribution is 2.39. The summed E-state index contributed by atoms with van der Waals surface area (Å²) in [6, 6.07) is 13.1. The normalized spacial score (nSPS) is 21.6. The lowest BCUT2D eigenvalue weighted by Gasteiger charge is -2.45. The van der Waals surface area contributed by atoms with Crippen LogP contribution in [-0.4, -0.2) is 48.9 Å². The first-order valence-corrected chi connectivity index (χ1v) is 12.3. The first kappa shape index (κ1) is 21.9. The van der Waals surface area contributed by atoms with E-state index in [-0.39, 0.29) is 22.3 Å². The summed E-state index contributed by atoms with van der Waals surface area (Å²) in [7, 11) is -3.53. The average Bonchev–Trinajstić information content (AvgIpc) is 2.79. The molecule has 2 aromatic rings. The van der Waals surface area contributed by atoms with Gasteiger partial charge in [0.1, 0.15) is 4.90 Å². The Hall–Kier alpha value is -2.29. The van der Waals surface area contributed by atoms with E-state index in [1.165, 1.54) is 10.5 Å². The standard InChI is InChI=1S/C23H29N3O4S/c27-22(25-17-19-5-2-1-3-6-19)15-20-8-14-30-23(16-20)9-12-26(13-10-23)31(28,29)21-7-4-11-24-18-21/h1-7,11,18,20H,8-10,12-17H2,(H,25,27). The molecule has 1 amide bonds. The summed E-state index contributed by atoms with van der Waals surface area (Å²) < 4.78 is 33.4. The molecule has 2 aliphatic rings. The van der Waals surface area contributed by atoms with Gasteiger partial charge in [0.2, 0.25) is 15.9 Å². The average molecular weight is 444 g/mol. The molecule has 7 nitrogen and oxygen atoms in total. The molecule has 0 bridgehead atoms. The molecule has 1 aromatic heterocycles. The van der Waals surface area contributed by atoms with Crippen LogP contribution in [0.2, 0.25) is 0 Å². The Kier molecular flexibility index (Phi) is 6.69. The number of carbonyl (C=O) groups excluding carboxylic acids is 1. The third-order valence-corrected chi connectivity index (χ3v) is 8.19. The fraction of sp³-hybridized carbons (Fsp3) is 0.478. The number of nitrogens with zero attached hydrogens (tertiary/aromatic N) is 2. The number of hydrogen-bond acceptors (Lipinski definition) is 5. The monoisotopic (exact) mass is 443 g/mol. The molecule has 2 fully saturated rings. The molecule has 1 spiro atoms. The molecule has 1 N–H and O–H groups in total. The quantitative estimate of drug-likeness (QED) is 0.742. The van der Waals surface area contributed by atoms with Gasteiger partial charge in [-0.1, -0.05) is 30.3 Å². The van der Waals surface area contributed by atoms with Gasteiger partial charge in [-0.2, -0.15) is 4.31 Å². The predicted molar refractivity (Wildman–Crippen MR) is 117 cm³/mol. The number of nitrogens with one attached hydrogen (secondary N) is 1. The molecule has 8 heteroatoms. The molecule has 0 aliphatic carbocycles. The van der Waals surface area contributed by atoms with Crippen molar-refractivity contribution in [2.45, 2.75) is 49.1 Å². The summed E-state index contributed by atoms with van der Waals surface area (Å²) >= 11 is 0.